The van der Waals surface area contributed by atoms with Crippen molar-refractivity contribution in [1.29, 1.82) is 0 Å². The lowest BCUT2D eigenvalue weighted by atomic mass is 9.69. The topological polar surface area (TPSA) is 18.5 Å². The molecule has 0 N–H and O–H groups in total. The van der Waals surface area contributed by atoms with Crippen molar-refractivity contribution in [3.63, 3.8) is 0 Å². The van der Waals surface area contributed by atoms with E-state index in [2.05, 4.69) is 6.92 Å². The van der Waals surface area contributed by atoms with E-state index in [1.807, 2.05) is 6.92 Å². The number of benzene rings is 1. The average Bonchev–Trinajstić information content (AvgIpc) is 2.81. The van der Waals surface area contributed by atoms with Crippen LogP contribution >= 0.6 is 0 Å². The van der Waals surface area contributed by atoms with Gasteiger partial charge in [-0.1, -0.05) is 39.5 Å². The van der Waals surface area contributed by atoms with Gasteiger partial charge in [0.15, 0.2) is 11.5 Å². The summed E-state index contributed by atoms with van der Waals surface area (Å²) in [4.78, 5) is 0. The summed E-state index contributed by atoms with van der Waals surface area (Å²) in [6.07, 6.45) is 15.6. The van der Waals surface area contributed by atoms with Gasteiger partial charge in [0.25, 0.3) is 0 Å². The molecule has 2 nitrogen and oxygen atoms in total. The van der Waals surface area contributed by atoms with Crippen LogP contribution in [0.15, 0.2) is 6.07 Å². The van der Waals surface area contributed by atoms with Gasteiger partial charge in [-0.15, -0.1) is 0 Å². The lowest BCUT2D eigenvalue weighted by Gasteiger charge is -2.37. The first-order chi connectivity index (χ1) is 15.1. The molecule has 1 aromatic carbocycles. The highest BCUT2D eigenvalue weighted by Gasteiger charge is 2.31. The zero-order valence-electron chi connectivity index (χ0n) is 19.4. The van der Waals surface area contributed by atoms with Crippen molar-refractivity contribution in [1.82, 2.24) is 0 Å². The summed E-state index contributed by atoms with van der Waals surface area (Å²) in [5, 5.41) is 0. The van der Waals surface area contributed by atoms with Gasteiger partial charge in [0, 0.05) is 5.56 Å². The molecule has 2 aliphatic carbocycles. The Balaban J connectivity index is 1.26. The van der Waals surface area contributed by atoms with Crippen LogP contribution in [-0.2, 0) is 6.42 Å². The van der Waals surface area contributed by atoms with E-state index in [-0.39, 0.29) is 17.6 Å². The Morgan fingerprint density at radius 2 is 1.52 bits per heavy atom. The first-order valence-electron chi connectivity index (χ1n) is 12.9. The molecule has 1 heterocycles. The Labute approximate surface area is 187 Å². The van der Waals surface area contributed by atoms with E-state index < -0.39 is 11.6 Å². The lowest BCUT2D eigenvalue weighted by Crippen LogP contribution is -2.27. The highest BCUT2D eigenvalue weighted by atomic mass is 19.2. The molecule has 0 aromatic heterocycles. The normalized spacial score (nSPS) is 31.0. The third kappa shape index (κ3) is 5.37. The van der Waals surface area contributed by atoms with Crippen LogP contribution in [0, 0.1) is 35.3 Å². The van der Waals surface area contributed by atoms with Gasteiger partial charge in [-0.2, -0.15) is 8.78 Å². The minimum absolute atomic E-state index is 0.0231. The molecule has 4 heteroatoms. The van der Waals surface area contributed by atoms with Crippen LogP contribution in [-0.4, -0.2) is 12.7 Å². The van der Waals surface area contributed by atoms with Crippen molar-refractivity contribution in [2.45, 2.75) is 103 Å². The summed E-state index contributed by atoms with van der Waals surface area (Å²) in [5.74, 6) is 1.57. The van der Waals surface area contributed by atoms with Crippen LogP contribution in [0.4, 0.5) is 8.78 Å². The number of hydrogen-bond acceptors (Lipinski definition) is 2. The maximum Gasteiger partial charge on any atom is 0.204 e. The predicted molar refractivity (Wildman–Crippen MR) is 121 cm³/mol. The van der Waals surface area contributed by atoms with E-state index >= 15 is 0 Å². The molecule has 1 aliphatic heterocycles. The van der Waals surface area contributed by atoms with E-state index in [4.69, 9.17) is 9.47 Å². The molecule has 0 radical (unpaired) electrons. The fourth-order valence-corrected chi connectivity index (χ4v) is 6.27. The van der Waals surface area contributed by atoms with Crippen LogP contribution in [0.2, 0.25) is 0 Å². The fourth-order valence-electron chi connectivity index (χ4n) is 6.27. The van der Waals surface area contributed by atoms with Gasteiger partial charge in [-0.05, 0) is 87.5 Å². The highest BCUT2D eigenvalue weighted by Crippen LogP contribution is 2.43. The van der Waals surface area contributed by atoms with Gasteiger partial charge in [-0.3, -0.25) is 0 Å². The molecular formula is C27H40F2O2. The van der Waals surface area contributed by atoms with Crippen LogP contribution in [0.1, 0.15) is 96.5 Å². The van der Waals surface area contributed by atoms with Gasteiger partial charge in [0.2, 0.25) is 11.6 Å². The second-order valence-electron chi connectivity index (χ2n) is 10.3. The summed E-state index contributed by atoms with van der Waals surface area (Å²) >= 11 is 0. The number of aryl methyl sites for hydroxylation is 1. The van der Waals surface area contributed by atoms with Crippen molar-refractivity contribution in [3.05, 3.63) is 23.3 Å². The quantitative estimate of drug-likeness (QED) is 0.435. The Kier molecular flexibility index (Phi) is 7.77. The molecule has 1 aromatic rings. The summed E-state index contributed by atoms with van der Waals surface area (Å²) in [5.41, 5.74) is 0.737. The van der Waals surface area contributed by atoms with E-state index in [1.54, 1.807) is 6.07 Å². The Morgan fingerprint density at radius 1 is 0.871 bits per heavy atom. The minimum atomic E-state index is -0.895. The van der Waals surface area contributed by atoms with Gasteiger partial charge in [0.1, 0.15) is 0 Å². The van der Waals surface area contributed by atoms with Crippen molar-refractivity contribution < 1.29 is 18.3 Å². The molecule has 0 amide bonds. The molecule has 0 bridgehead atoms. The Hall–Kier alpha value is -1.32. The summed E-state index contributed by atoms with van der Waals surface area (Å²) < 4.78 is 40.6. The zero-order valence-corrected chi connectivity index (χ0v) is 19.4. The summed E-state index contributed by atoms with van der Waals surface area (Å²) in [7, 11) is 0. The number of hydrogen-bond donors (Lipinski definition) is 0. The number of fused-ring (bicyclic) bond motifs is 1. The first-order valence-corrected chi connectivity index (χ1v) is 12.9. The summed E-state index contributed by atoms with van der Waals surface area (Å²) in [6, 6.07) is 1.67. The summed E-state index contributed by atoms with van der Waals surface area (Å²) in [6.45, 7) is 4.80. The first kappa shape index (κ1) is 22.9. The van der Waals surface area contributed by atoms with Gasteiger partial charge >= 0.3 is 0 Å². The molecule has 4 rings (SSSR count). The molecule has 3 aliphatic rings. The van der Waals surface area contributed by atoms with Crippen LogP contribution in [0.3, 0.4) is 0 Å². The van der Waals surface area contributed by atoms with E-state index in [9.17, 15) is 8.78 Å². The molecule has 2 fully saturated rings. The second kappa shape index (κ2) is 10.5. The minimum Gasteiger partial charge on any atom is -0.490 e. The Morgan fingerprint density at radius 3 is 2.13 bits per heavy atom. The molecule has 0 saturated heterocycles. The van der Waals surface area contributed by atoms with Crippen LogP contribution in [0.25, 0.3) is 0 Å². The van der Waals surface area contributed by atoms with E-state index in [0.717, 1.165) is 49.0 Å². The lowest BCUT2D eigenvalue weighted by molar-refractivity contribution is 0.119. The maximum atomic E-state index is 14.6. The number of ether oxygens (including phenoxy) is 2. The van der Waals surface area contributed by atoms with E-state index in [0.29, 0.717) is 18.9 Å². The predicted octanol–water partition coefficient (Wildman–Crippen LogP) is 7.86. The Bertz CT molecular complexity index is 718. The third-order valence-corrected chi connectivity index (χ3v) is 8.30. The largest absolute Gasteiger partial charge is 0.490 e. The number of rotatable bonds is 7. The van der Waals surface area contributed by atoms with Crippen molar-refractivity contribution in [3.8, 4) is 11.5 Å². The van der Waals surface area contributed by atoms with Gasteiger partial charge < -0.3 is 9.47 Å². The molecule has 1 atom stereocenters. The van der Waals surface area contributed by atoms with Gasteiger partial charge in [-0.25, -0.2) is 0 Å². The SMILES string of the molecule is CCCC1CCC(C2CCC(COc3cc4c(c(F)c3F)OC(CC)CC4)CC2)CC1. The molecular weight excluding hydrogens is 394 g/mol. The maximum absolute atomic E-state index is 14.6. The van der Waals surface area contributed by atoms with Crippen LogP contribution in [0.5, 0.6) is 11.5 Å². The third-order valence-electron chi connectivity index (χ3n) is 8.30. The molecule has 31 heavy (non-hydrogen) atoms. The average molecular weight is 435 g/mol. The van der Waals surface area contributed by atoms with E-state index in [1.165, 1.54) is 51.4 Å². The molecule has 174 valence electrons. The van der Waals surface area contributed by atoms with Crippen LogP contribution < -0.4 is 9.47 Å². The fraction of sp³-hybridized carbons (Fsp3) is 0.778. The van der Waals surface area contributed by atoms with Crippen molar-refractivity contribution >= 4 is 0 Å². The van der Waals surface area contributed by atoms with Crippen molar-refractivity contribution in [2.75, 3.05) is 6.61 Å². The zero-order chi connectivity index (χ0) is 21.8. The smallest absolute Gasteiger partial charge is 0.204 e. The van der Waals surface area contributed by atoms with Gasteiger partial charge in [0.05, 0.1) is 12.7 Å². The molecule has 2 saturated carbocycles. The van der Waals surface area contributed by atoms with Crippen molar-refractivity contribution in [2.24, 2.45) is 23.7 Å². The molecule has 0 spiro atoms. The standard InChI is InChI=1S/C27H40F2O2/c1-3-5-18-6-10-20(11-7-18)21-12-8-19(9-13-21)17-30-24-16-22-14-15-23(4-2)31-27(22)26(29)25(24)28/h16,18-21,23H,3-15,17H2,1-2H3. The monoisotopic (exact) mass is 434 g/mol. The highest BCUT2D eigenvalue weighted by molar-refractivity contribution is 5.44. The molecule has 1 unspecified atom stereocenters. The second-order valence-corrected chi connectivity index (χ2v) is 10.3. The number of halogens is 2.